The lowest BCUT2D eigenvalue weighted by Gasteiger charge is -2.12. The Hall–Kier alpha value is -15.5. The molecule has 5 aromatic heterocycles. The van der Waals surface area contributed by atoms with Crippen molar-refractivity contribution in [2.75, 3.05) is 110 Å². The zero-order chi connectivity index (χ0) is 107. The number of nitrogens with zero attached hydrogens (tertiary/aromatic N) is 11. The van der Waals surface area contributed by atoms with E-state index in [2.05, 4.69) is 234 Å². The molecule has 17 rings (SSSR count). The third kappa shape index (κ3) is 28.3. The number of carboxylic acid groups (broad SMARTS) is 1. The summed E-state index contributed by atoms with van der Waals surface area (Å²) in [5, 5.41) is 79.0. The zero-order valence-electron chi connectivity index (χ0n) is 87.0. The lowest BCUT2D eigenvalue weighted by molar-refractivity contribution is -0.137. The minimum absolute atomic E-state index is 0.0174. The Kier molecular flexibility index (Phi) is 36.1. The number of hydrogen-bond acceptors (Lipinski definition) is 22. The predicted octanol–water partition coefficient (Wildman–Crippen LogP) is 23.5. The van der Waals surface area contributed by atoms with Crippen molar-refractivity contribution in [1.82, 2.24) is 58.5 Å². The molecule has 0 aliphatic heterocycles. The van der Waals surface area contributed by atoms with Crippen LogP contribution in [0.5, 0.6) is 69.0 Å². The van der Waals surface area contributed by atoms with Crippen LogP contribution >= 0.6 is 22.6 Å². The maximum Gasteiger partial charge on any atom is 0.303 e. The van der Waals surface area contributed by atoms with E-state index in [1.54, 1.807) is 109 Å². The van der Waals surface area contributed by atoms with Gasteiger partial charge in [-0.15, -0.1) is 10.2 Å². The number of anilines is 5. The van der Waals surface area contributed by atoms with Gasteiger partial charge in [-0.05, 0) is 438 Å². The monoisotopic (exact) mass is 2140 g/mol. The number of carbonyl (C=O) groups is 4. The van der Waals surface area contributed by atoms with Crippen molar-refractivity contribution in [3.63, 3.8) is 0 Å². The molecule has 3 amide bonds. The molecule has 0 atom stereocenters. The third-order valence-electron chi connectivity index (χ3n) is 26.2. The first-order chi connectivity index (χ1) is 71.2. The molecule has 31 nitrogen and oxygen atoms in total. The molecule has 33 heteroatoms. The molecule has 0 unspecified atom stereocenters. The van der Waals surface area contributed by atoms with Gasteiger partial charge >= 0.3 is 5.97 Å². The highest BCUT2D eigenvalue weighted by Gasteiger charge is 2.23. The standard InChI is InChI=1S/C30H35N3O4.C29H31N7O3.C29H33N3O5S.C28H30IN3O3/c1-20-21(2)33(17-5-16-32(3)4)28-14-13-26(19-27(20)28)37-25-11-9-23(10-12-25)31-24-8-6-22(29(34)18-24)7-15-30(35)36;1-18-19(2)36(15-5-14-35(3)4)26-13-11-23(17-25(18)26)39-22-9-6-20(7-10-22)29(38)30-21-8-12-24(27(37)16-21)28-31-33-34-32-28;1-19-20(2)32(16-6-15-31(3)4)26-13-12-24(18-25(19)26)37-23-10-7-21(8-11-23)29(34)30-22-9-14-28(27(33)17-22)38(5,35)36;1-18-19(2)32(15-5-14-31(3)4)26-13-11-23(17-24(18)26)35-22-9-6-20(7-10-22)28(34)30-21-8-12-25(29)27(33)16-21/h6,8-14,18-19,31,34H,5,7,15-17H2,1-4H3,(H,35,36);6-13,16-17,37H,5,14-15H2,1-4H3,(H,30,38)(H,31,32,33,34);7-14,17-18,33H,6,15-16H2,1-5H3,(H,30,34);6-13,16-17,33H,5,14-15H2,1-4H3,(H,30,34). The van der Waals surface area contributed by atoms with Crippen molar-refractivity contribution in [3.05, 3.63) is 314 Å². The number of aromatic amines is 1. The smallest absolute Gasteiger partial charge is 0.303 e. The summed E-state index contributed by atoms with van der Waals surface area (Å²) in [6.07, 6.45) is 5.64. The summed E-state index contributed by atoms with van der Waals surface area (Å²) in [5.41, 5.74) is 20.2. The number of nitrogens with one attached hydrogen (secondary N) is 5. The molecule has 0 aliphatic rings. The molecule has 0 bridgehead atoms. The number of H-pyrrole nitrogens is 1. The molecule has 12 aromatic carbocycles. The van der Waals surface area contributed by atoms with E-state index in [-0.39, 0.29) is 51.9 Å². The molecule has 17 aromatic rings. The van der Waals surface area contributed by atoms with Crippen LogP contribution in [0.1, 0.15) is 114 Å². The van der Waals surface area contributed by atoms with E-state index >= 15 is 0 Å². The molecule has 0 spiro atoms. The number of carbonyl (C=O) groups excluding carboxylic acids is 3. The fourth-order valence-corrected chi connectivity index (χ4v) is 18.8. The van der Waals surface area contributed by atoms with Gasteiger partial charge in [-0.25, -0.2) is 8.42 Å². The second-order valence-electron chi connectivity index (χ2n) is 38.1. The molecule has 0 radical (unpaired) electrons. The molecule has 0 saturated carbocycles. The highest BCUT2D eigenvalue weighted by molar-refractivity contribution is 14.1. The van der Waals surface area contributed by atoms with Gasteiger partial charge in [-0.2, -0.15) is 5.21 Å². The maximum atomic E-state index is 12.8. The third-order valence-corrected chi connectivity index (χ3v) is 28.2. The number of halogens is 1. The number of ether oxygens (including phenoxy) is 4. The largest absolute Gasteiger partial charge is 0.508 e. The highest BCUT2D eigenvalue weighted by atomic mass is 127. The number of tetrazole rings is 1. The van der Waals surface area contributed by atoms with E-state index in [1.807, 2.05) is 83.3 Å². The molecule has 776 valence electrons. The van der Waals surface area contributed by atoms with Crippen molar-refractivity contribution in [2.45, 2.75) is 125 Å². The Bertz CT molecular complexity index is 7770. The zero-order valence-corrected chi connectivity index (χ0v) is 90.0. The first-order valence-electron chi connectivity index (χ1n) is 49.1. The van der Waals surface area contributed by atoms with Crippen molar-refractivity contribution in [1.29, 1.82) is 0 Å². The first-order valence-corrected chi connectivity index (χ1v) is 52.1. The van der Waals surface area contributed by atoms with Crippen LogP contribution in [0, 0.1) is 59.0 Å². The minimum atomic E-state index is -3.56. The second kappa shape index (κ2) is 49.3. The van der Waals surface area contributed by atoms with Crippen molar-refractivity contribution >= 4 is 128 Å². The van der Waals surface area contributed by atoms with Crippen LogP contribution in [0.2, 0.25) is 0 Å². The van der Waals surface area contributed by atoms with E-state index in [4.69, 9.17) is 24.1 Å². The van der Waals surface area contributed by atoms with E-state index < -0.39 is 27.5 Å². The molecule has 0 saturated heterocycles. The summed E-state index contributed by atoms with van der Waals surface area (Å²) in [5.74, 6) is 3.79. The number of sulfone groups is 1. The Balaban J connectivity index is 0.000000157. The van der Waals surface area contributed by atoms with Crippen LogP contribution in [0.4, 0.5) is 28.4 Å². The number of aliphatic carboxylic acids is 1. The maximum absolute atomic E-state index is 12.8. The summed E-state index contributed by atoms with van der Waals surface area (Å²) < 4.78 is 58.0. The average Bonchev–Trinajstić information content (AvgIpc) is 1.64. The summed E-state index contributed by atoms with van der Waals surface area (Å²) in [4.78, 5) is 57.4. The number of carboxylic acids is 1. The van der Waals surface area contributed by atoms with Crippen LogP contribution in [0.3, 0.4) is 0 Å². The topological polar surface area (TPSA) is 376 Å². The van der Waals surface area contributed by atoms with Crippen LogP contribution in [-0.2, 0) is 47.2 Å². The van der Waals surface area contributed by atoms with Gasteiger partial charge in [0.25, 0.3) is 17.7 Å². The van der Waals surface area contributed by atoms with E-state index in [0.717, 1.165) is 128 Å². The van der Waals surface area contributed by atoms with Gasteiger partial charge in [0.05, 0.1) is 9.13 Å². The molecule has 10 N–H and O–H groups in total. The average molecular weight is 2150 g/mol. The van der Waals surface area contributed by atoms with Crippen LogP contribution in [-0.4, -0.2) is 205 Å². The molecule has 149 heavy (non-hydrogen) atoms. The molecular formula is C116H129IN16O15S. The number of aromatic hydroxyl groups is 4. The van der Waals surface area contributed by atoms with Crippen LogP contribution in [0.25, 0.3) is 55.0 Å². The predicted molar refractivity (Wildman–Crippen MR) is 599 cm³/mol. The number of hydrogen-bond donors (Lipinski definition) is 10. The SMILES string of the molecule is Cc1c(C)n(CCCN(C)C)c2ccc(Oc3ccc(C(=O)Nc4ccc(-c5nn[nH]n5)c(O)c4)cc3)cc12.Cc1c(C)n(CCCN(C)C)c2ccc(Oc3ccc(C(=O)Nc4ccc(I)c(O)c4)cc3)cc12.Cc1c(C)n(CCCN(C)C)c2ccc(Oc3ccc(C(=O)Nc4ccc(S(C)(=O)=O)c(O)c4)cc3)cc12.Cc1c(C)n(CCCN(C)C)c2ccc(Oc3ccc(Nc4ccc(CCC(=O)O)c(O)c4)cc3)cc12. The minimum Gasteiger partial charge on any atom is -0.508 e. The van der Waals surface area contributed by atoms with Gasteiger partial charge in [-0.3, -0.25) is 19.2 Å². The first kappa shape index (κ1) is 109. The second-order valence-corrected chi connectivity index (χ2v) is 41.3. The van der Waals surface area contributed by atoms with Gasteiger partial charge in [0.2, 0.25) is 5.82 Å². The number of phenols is 4. The van der Waals surface area contributed by atoms with E-state index in [1.165, 1.54) is 114 Å². The summed E-state index contributed by atoms with van der Waals surface area (Å²) in [7, 11) is 13.2. The lowest BCUT2D eigenvalue weighted by Crippen LogP contribution is -2.15. The van der Waals surface area contributed by atoms with Gasteiger partial charge in [0.15, 0.2) is 9.84 Å². The molecular weight excluding hydrogens is 2020 g/mol. The number of fused-ring (bicyclic) bond motifs is 4. The Morgan fingerprint density at radius 1 is 0.369 bits per heavy atom. The summed E-state index contributed by atoms with van der Waals surface area (Å²) in [6.45, 7) is 25.4. The van der Waals surface area contributed by atoms with Crippen LogP contribution < -0.4 is 40.2 Å². The Labute approximate surface area is 881 Å². The Morgan fingerprint density at radius 2 is 0.678 bits per heavy atom. The van der Waals surface area contributed by atoms with E-state index in [0.29, 0.717) is 68.6 Å². The van der Waals surface area contributed by atoms with Gasteiger partial charge in [0.1, 0.15) is 73.9 Å². The highest BCUT2D eigenvalue weighted by Crippen LogP contribution is 2.40. The fourth-order valence-electron chi connectivity index (χ4n) is 17.7. The lowest BCUT2D eigenvalue weighted by atomic mass is 10.1. The van der Waals surface area contributed by atoms with E-state index in [9.17, 15) is 48.0 Å². The van der Waals surface area contributed by atoms with Gasteiger partial charge in [0, 0.05) is 175 Å². The number of phenolic OH excluding ortho intramolecular Hbond substituents is 4. The number of rotatable bonds is 37. The number of aryl methyl sites for hydroxylation is 9. The number of amides is 3. The molecule has 0 aliphatic carbocycles. The molecule has 5 heterocycles. The summed E-state index contributed by atoms with van der Waals surface area (Å²) >= 11 is 2.04. The fraction of sp³-hybridized carbons (Fsp3) is 0.267. The van der Waals surface area contributed by atoms with Crippen molar-refractivity contribution < 1.29 is 72.1 Å². The van der Waals surface area contributed by atoms with Gasteiger partial charge < -0.3 is 104 Å². The van der Waals surface area contributed by atoms with Crippen molar-refractivity contribution in [3.8, 4) is 80.4 Å². The molecule has 0 fully saturated rings. The number of benzene rings is 12. The van der Waals surface area contributed by atoms with Gasteiger partial charge in [-0.1, -0.05) is 6.07 Å². The Morgan fingerprint density at radius 3 is 0.987 bits per heavy atom. The van der Waals surface area contributed by atoms with Crippen molar-refractivity contribution in [2.24, 2.45) is 0 Å². The summed E-state index contributed by atoms with van der Waals surface area (Å²) in [6, 6.07) is 71.9. The quantitative estimate of drug-likeness (QED) is 0.0162. The normalized spacial score (nSPS) is 11.4. The van der Waals surface area contributed by atoms with Crippen LogP contribution in [0.15, 0.2) is 248 Å². The number of aromatic nitrogens is 8.